The average molecular weight is 482 g/mol. The highest BCUT2D eigenvalue weighted by molar-refractivity contribution is 9.10. The Labute approximate surface area is 181 Å². The minimum atomic E-state index is -0.486. The fraction of sp³-hybridized carbons (Fsp3) is 0.316. The Morgan fingerprint density at radius 3 is 2.68 bits per heavy atom. The van der Waals surface area contributed by atoms with Crippen LogP contribution in [0.5, 0.6) is 5.75 Å². The van der Waals surface area contributed by atoms with Crippen LogP contribution in [0.4, 0.5) is 5.00 Å². The van der Waals surface area contributed by atoms with E-state index >= 15 is 0 Å². The second kappa shape index (κ2) is 8.59. The molecular formula is C19H20BrN3O3S2. The van der Waals surface area contributed by atoms with Crippen LogP contribution in [-0.4, -0.2) is 24.0 Å². The first-order chi connectivity index (χ1) is 13.3. The van der Waals surface area contributed by atoms with Crippen LogP contribution in [0.2, 0.25) is 0 Å². The van der Waals surface area contributed by atoms with Crippen molar-refractivity contribution < 1.29 is 14.3 Å². The van der Waals surface area contributed by atoms with Gasteiger partial charge in [0.1, 0.15) is 10.8 Å². The molecule has 1 aliphatic rings. The molecule has 148 valence electrons. The Morgan fingerprint density at radius 1 is 1.29 bits per heavy atom. The fourth-order valence-electron chi connectivity index (χ4n) is 3.39. The molecule has 0 fully saturated rings. The molecule has 0 spiro atoms. The van der Waals surface area contributed by atoms with Gasteiger partial charge in [-0.25, -0.2) is 0 Å². The van der Waals surface area contributed by atoms with Crippen LogP contribution >= 0.6 is 39.5 Å². The number of nitrogens with two attached hydrogens (primary N) is 1. The molecule has 9 heteroatoms. The smallest absolute Gasteiger partial charge is 0.261 e. The monoisotopic (exact) mass is 481 g/mol. The van der Waals surface area contributed by atoms with Crippen LogP contribution in [0.15, 0.2) is 16.6 Å². The zero-order valence-corrected chi connectivity index (χ0v) is 18.7. The molecule has 0 saturated carbocycles. The summed E-state index contributed by atoms with van der Waals surface area (Å²) >= 11 is 10.2. The molecule has 0 radical (unpaired) electrons. The lowest BCUT2D eigenvalue weighted by Gasteiger charge is -2.14. The minimum absolute atomic E-state index is 0.103. The number of ether oxygens (including phenoxy) is 1. The molecule has 0 saturated heterocycles. The molecule has 1 aromatic carbocycles. The number of methoxy groups -OCH3 is 1. The van der Waals surface area contributed by atoms with Crippen LogP contribution in [0.3, 0.4) is 0 Å². The van der Waals surface area contributed by atoms with Gasteiger partial charge in [0, 0.05) is 9.35 Å². The van der Waals surface area contributed by atoms with Crippen molar-refractivity contribution in [3.8, 4) is 5.75 Å². The normalized spacial score (nSPS) is 12.8. The highest BCUT2D eigenvalue weighted by Crippen LogP contribution is 2.38. The SMILES string of the molecule is COc1c(C)cc(Br)cc1C(=O)NC(=S)Nc1sc2c(c1C(N)=O)CCCC2. The zero-order valence-electron chi connectivity index (χ0n) is 15.5. The largest absolute Gasteiger partial charge is 0.496 e. The van der Waals surface area contributed by atoms with E-state index in [0.29, 0.717) is 21.9 Å². The Bertz CT molecular complexity index is 972. The maximum Gasteiger partial charge on any atom is 0.261 e. The molecule has 0 atom stereocenters. The molecule has 1 aromatic heterocycles. The fourth-order valence-corrected chi connectivity index (χ4v) is 5.52. The number of aryl methyl sites for hydroxylation is 2. The predicted molar refractivity (Wildman–Crippen MR) is 119 cm³/mol. The second-order valence-corrected chi connectivity index (χ2v) is 8.92. The van der Waals surface area contributed by atoms with E-state index in [1.54, 1.807) is 6.07 Å². The summed E-state index contributed by atoms with van der Waals surface area (Å²) in [6, 6.07) is 3.53. The number of thiocarbonyl (C=S) groups is 1. The molecule has 1 heterocycles. The van der Waals surface area contributed by atoms with E-state index in [0.717, 1.165) is 46.2 Å². The summed E-state index contributed by atoms with van der Waals surface area (Å²) in [6.07, 6.45) is 3.88. The number of thiophene rings is 1. The average Bonchev–Trinajstić information content (AvgIpc) is 2.98. The van der Waals surface area contributed by atoms with E-state index in [4.69, 9.17) is 22.7 Å². The summed E-state index contributed by atoms with van der Waals surface area (Å²) in [6.45, 7) is 1.85. The Balaban J connectivity index is 1.81. The number of anilines is 1. The predicted octanol–water partition coefficient (Wildman–Crippen LogP) is 3.93. The maximum absolute atomic E-state index is 12.7. The van der Waals surface area contributed by atoms with Crippen molar-refractivity contribution >= 4 is 61.4 Å². The number of carbonyl (C=O) groups excluding carboxylic acids is 2. The first kappa shape index (κ1) is 20.8. The number of halogens is 1. The van der Waals surface area contributed by atoms with Gasteiger partial charge in [-0.05, 0) is 68.1 Å². The number of primary amides is 1. The quantitative estimate of drug-likeness (QED) is 0.575. The van der Waals surface area contributed by atoms with Gasteiger partial charge in [-0.15, -0.1) is 11.3 Å². The lowest BCUT2D eigenvalue weighted by molar-refractivity contribution is 0.0972. The number of rotatable bonds is 4. The van der Waals surface area contributed by atoms with Gasteiger partial charge >= 0.3 is 0 Å². The number of nitrogens with one attached hydrogen (secondary N) is 2. The van der Waals surface area contributed by atoms with Gasteiger partial charge in [0.25, 0.3) is 11.8 Å². The van der Waals surface area contributed by atoms with E-state index < -0.39 is 11.8 Å². The summed E-state index contributed by atoms with van der Waals surface area (Å²) in [5, 5.41) is 6.32. The van der Waals surface area contributed by atoms with Crippen LogP contribution < -0.4 is 21.1 Å². The second-order valence-electron chi connectivity index (χ2n) is 6.49. The highest BCUT2D eigenvalue weighted by atomic mass is 79.9. The molecular weight excluding hydrogens is 462 g/mol. The third kappa shape index (κ3) is 4.21. The lowest BCUT2D eigenvalue weighted by atomic mass is 9.95. The molecule has 0 bridgehead atoms. The van der Waals surface area contributed by atoms with E-state index in [1.165, 1.54) is 18.4 Å². The van der Waals surface area contributed by atoms with E-state index in [1.807, 2.05) is 13.0 Å². The van der Waals surface area contributed by atoms with E-state index in [9.17, 15) is 9.59 Å². The number of amides is 2. The van der Waals surface area contributed by atoms with Crippen molar-refractivity contribution in [1.29, 1.82) is 0 Å². The third-order valence-electron chi connectivity index (χ3n) is 4.56. The summed E-state index contributed by atoms with van der Waals surface area (Å²) in [4.78, 5) is 25.8. The topological polar surface area (TPSA) is 93.4 Å². The van der Waals surface area contributed by atoms with Crippen LogP contribution in [-0.2, 0) is 12.8 Å². The molecule has 2 amide bonds. The van der Waals surface area contributed by atoms with Gasteiger partial charge in [0.05, 0.1) is 18.2 Å². The molecule has 6 nitrogen and oxygen atoms in total. The summed E-state index contributed by atoms with van der Waals surface area (Å²) < 4.78 is 6.11. The lowest BCUT2D eigenvalue weighted by Crippen LogP contribution is -2.34. The Kier molecular flexibility index (Phi) is 6.36. The maximum atomic E-state index is 12.7. The number of benzene rings is 1. The van der Waals surface area contributed by atoms with E-state index in [-0.39, 0.29) is 5.11 Å². The van der Waals surface area contributed by atoms with Gasteiger partial charge in [-0.2, -0.15) is 0 Å². The summed E-state index contributed by atoms with van der Waals surface area (Å²) in [5.41, 5.74) is 8.26. The number of carbonyl (C=O) groups is 2. The van der Waals surface area contributed by atoms with Crippen molar-refractivity contribution in [2.24, 2.45) is 5.73 Å². The molecule has 0 aliphatic heterocycles. The van der Waals surface area contributed by atoms with Crippen LogP contribution in [0.25, 0.3) is 0 Å². The third-order valence-corrected chi connectivity index (χ3v) is 6.43. The highest BCUT2D eigenvalue weighted by Gasteiger charge is 2.25. The number of hydrogen-bond acceptors (Lipinski definition) is 5. The summed E-state index contributed by atoms with van der Waals surface area (Å²) in [7, 11) is 1.51. The van der Waals surface area contributed by atoms with Gasteiger partial charge in [-0.3, -0.25) is 14.9 Å². The first-order valence-corrected chi connectivity index (χ1v) is 10.7. The molecule has 1 aliphatic carbocycles. The first-order valence-electron chi connectivity index (χ1n) is 8.72. The standard InChI is InChI=1S/C19H20BrN3O3S2/c1-9-7-10(20)8-12(15(9)26-2)17(25)22-19(27)23-18-14(16(21)24)11-5-3-4-6-13(11)28-18/h7-8H,3-6H2,1-2H3,(H2,21,24)(H2,22,23,25,27). The molecule has 28 heavy (non-hydrogen) atoms. The molecule has 3 rings (SSSR count). The van der Waals surface area contributed by atoms with Gasteiger partial charge in [0.2, 0.25) is 0 Å². The van der Waals surface area contributed by atoms with Gasteiger partial charge in [0.15, 0.2) is 5.11 Å². The number of hydrogen-bond donors (Lipinski definition) is 3. The molecule has 4 N–H and O–H groups in total. The Morgan fingerprint density at radius 2 is 2.00 bits per heavy atom. The zero-order chi connectivity index (χ0) is 20.4. The Hall–Kier alpha value is -1.97. The van der Waals surface area contributed by atoms with Crippen molar-refractivity contribution in [2.75, 3.05) is 12.4 Å². The van der Waals surface area contributed by atoms with Crippen LogP contribution in [0, 0.1) is 6.92 Å². The van der Waals surface area contributed by atoms with Crippen LogP contribution in [0.1, 0.15) is 49.6 Å². The minimum Gasteiger partial charge on any atom is -0.496 e. The van der Waals surface area contributed by atoms with Crippen molar-refractivity contribution in [3.63, 3.8) is 0 Å². The van der Waals surface area contributed by atoms with Gasteiger partial charge in [-0.1, -0.05) is 15.9 Å². The molecule has 2 aromatic rings. The number of fused-ring (bicyclic) bond motifs is 1. The van der Waals surface area contributed by atoms with Crippen molar-refractivity contribution in [2.45, 2.75) is 32.6 Å². The van der Waals surface area contributed by atoms with E-state index in [2.05, 4.69) is 26.6 Å². The van der Waals surface area contributed by atoms with Gasteiger partial charge < -0.3 is 15.8 Å². The summed E-state index contributed by atoms with van der Waals surface area (Å²) in [5.74, 6) is -0.408. The van der Waals surface area contributed by atoms with Crippen molar-refractivity contribution in [1.82, 2.24) is 5.32 Å². The molecule has 0 unspecified atom stereocenters. The van der Waals surface area contributed by atoms with Crippen molar-refractivity contribution in [3.05, 3.63) is 43.7 Å².